The van der Waals surface area contributed by atoms with Crippen molar-refractivity contribution >= 4 is 17.6 Å². The van der Waals surface area contributed by atoms with E-state index in [9.17, 15) is 0 Å². The van der Waals surface area contributed by atoms with Crippen molar-refractivity contribution in [3.63, 3.8) is 0 Å². The minimum absolute atomic E-state index is 0.535. The van der Waals surface area contributed by atoms with Crippen molar-refractivity contribution in [1.82, 2.24) is 9.97 Å². The summed E-state index contributed by atoms with van der Waals surface area (Å²) in [6.07, 6.45) is 7.23. The molecule has 1 aromatic rings. The lowest BCUT2D eigenvalue weighted by atomic mass is 9.95. The number of aryl methyl sites for hydroxylation is 1. The second-order valence-corrected chi connectivity index (χ2v) is 5.83. The molecule has 1 saturated carbocycles. The number of hydrogen-bond donors (Lipinski definition) is 1. The quantitative estimate of drug-likeness (QED) is 0.909. The second-order valence-electron chi connectivity index (χ2n) is 4.70. The predicted molar refractivity (Wildman–Crippen MR) is 76.5 cm³/mol. The maximum atomic E-state index is 5.16. The molecule has 0 atom stereocenters. The highest BCUT2D eigenvalue weighted by molar-refractivity contribution is 7.99. The fourth-order valence-corrected chi connectivity index (χ4v) is 3.11. The van der Waals surface area contributed by atoms with Gasteiger partial charge in [-0.15, -0.1) is 0 Å². The van der Waals surface area contributed by atoms with Crippen LogP contribution in [-0.4, -0.2) is 34.6 Å². The number of rotatable bonds is 4. The number of ether oxygens (including phenoxy) is 1. The van der Waals surface area contributed by atoms with E-state index in [0.29, 0.717) is 11.9 Å². The molecule has 1 aromatic heterocycles. The molecule has 1 aliphatic carbocycles. The highest BCUT2D eigenvalue weighted by Gasteiger charge is 2.20. The van der Waals surface area contributed by atoms with Crippen LogP contribution in [0, 0.1) is 6.92 Å². The van der Waals surface area contributed by atoms with Gasteiger partial charge in [-0.25, -0.2) is 4.98 Å². The summed E-state index contributed by atoms with van der Waals surface area (Å²) in [5.41, 5.74) is 0. The van der Waals surface area contributed by atoms with E-state index >= 15 is 0 Å². The summed E-state index contributed by atoms with van der Waals surface area (Å²) in [6.45, 7) is 1.89. The van der Waals surface area contributed by atoms with E-state index in [1.165, 1.54) is 25.7 Å². The molecular weight excluding hydrogens is 246 g/mol. The Morgan fingerprint density at radius 2 is 2.00 bits per heavy atom. The van der Waals surface area contributed by atoms with E-state index < -0.39 is 0 Å². The normalized spacial score (nSPS) is 23.7. The second kappa shape index (κ2) is 6.27. The van der Waals surface area contributed by atoms with Crippen LogP contribution in [0.15, 0.2) is 6.07 Å². The van der Waals surface area contributed by atoms with Crippen LogP contribution < -0.4 is 10.1 Å². The molecule has 1 heterocycles. The van der Waals surface area contributed by atoms with Gasteiger partial charge in [0.1, 0.15) is 11.6 Å². The molecule has 0 radical (unpaired) electrons. The topological polar surface area (TPSA) is 47.0 Å². The van der Waals surface area contributed by atoms with Gasteiger partial charge in [0.2, 0.25) is 5.88 Å². The SMILES string of the molecule is COc1cc(NC2CCC(SC)CC2)nc(C)n1. The minimum atomic E-state index is 0.535. The fourth-order valence-electron chi connectivity index (χ4n) is 2.37. The summed E-state index contributed by atoms with van der Waals surface area (Å²) in [5, 5.41) is 4.34. The van der Waals surface area contributed by atoms with E-state index in [1.807, 2.05) is 24.8 Å². The molecular formula is C13H21N3OS. The Morgan fingerprint density at radius 1 is 1.28 bits per heavy atom. The molecule has 1 N–H and O–H groups in total. The molecule has 0 spiro atoms. The van der Waals surface area contributed by atoms with Crippen LogP contribution in [0.4, 0.5) is 5.82 Å². The number of nitrogens with zero attached hydrogens (tertiary/aromatic N) is 2. The number of aromatic nitrogens is 2. The van der Waals surface area contributed by atoms with E-state index in [2.05, 4.69) is 21.5 Å². The highest BCUT2D eigenvalue weighted by Crippen LogP contribution is 2.28. The van der Waals surface area contributed by atoms with Gasteiger partial charge in [-0.05, 0) is 38.9 Å². The molecule has 2 rings (SSSR count). The van der Waals surface area contributed by atoms with Crippen LogP contribution in [0.5, 0.6) is 5.88 Å². The maximum Gasteiger partial charge on any atom is 0.218 e. The van der Waals surface area contributed by atoms with Crippen LogP contribution in [0.3, 0.4) is 0 Å². The summed E-state index contributed by atoms with van der Waals surface area (Å²) in [4.78, 5) is 8.60. The standard InChI is InChI=1S/C13H21N3OS/c1-9-14-12(8-13(15-9)17-2)16-10-4-6-11(18-3)7-5-10/h8,10-11H,4-7H2,1-3H3,(H,14,15,16). The number of anilines is 1. The maximum absolute atomic E-state index is 5.16. The molecule has 100 valence electrons. The predicted octanol–water partition coefficient (Wildman–Crippen LogP) is 2.88. The zero-order valence-electron chi connectivity index (χ0n) is 11.3. The molecule has 4 nitrogen and oxygen atoms in total. The lowest BCUT2D eigenvalue weighted by molar-refractivity contribution is 0.395. The molecule has 0 aromatic carbocycles. The van der Waals surface area contributed by atoms with Gasteiger partial charge in [0, 0.05) is 17.4 Å². The molecule has 5 heteroatoms. The van der Waals surface area contributed by atoms with E-state index in [-0.39, 0.29) is 0 Å². The zero-order valence-corrected chi connectivity index (χ0v) is 12.1. The Hall–Kier alpha value is -0.970. The molecule has 18 heavy (non-hydrogen) atoms. The van der Waals surface area contributed by atoms with E-state index in [0.717, 1.165) is 16.9 Å². The lowest BCUT2D eigenvalue weighted by Crippen LogP contribution is -2.27. The van der Waals surface area contributed by atoms with Crippen molar-refractivity contribution in [2.75, 3.05) is 18.7 Å². The highest BCUT2D eigenvalue weighted by atomic mass is 32.2. The Labute approximate surface area is 113 Å². The third-order valence-electron chi connectivity index (χ3n) is 3.38. The molecule has 0 amide bonds. The van der Waals surface area contributed by atoms with Gasteiger partial charge in [0.05, 0.1) is 7.11 Å². The van der Waals surface area contributed by atoms with Crippen molar-refractivity contribution in [2.24, 2.45) is 0 Å². The summed E-state index contributed by atoms with van der Waals surface area (Å²) >= 11 is 1.99. The zero-order chi connectivity index (χ0) is 13.0. The van der Waals surface area contributed by atoms with Crippen LogP contribution in [0.1, 0.15) is 31.5 Å². The van der Waals surface area contributed by atoms with Gasteiger partial charge < -0.3 is 10.1 Å². The lowest BCUT2D eigenvalue weighted by Gasteiger charge is -2.28. The van der Waals surface area contributed by atoms with Gasteiger partial charge in [0.15, 0.2) is 0 Å². The average Bonchev–Trinajstić information content (AvgIpc) is 2.39. The fraction of sp³-hybridized carbons (Fsp3) is 0.692. The van der Waals surface area contributed by atoms with Crippen molar-refractivity contribution in [3.05, 3.63) is 11.9 Å². The van der Waals surface area contributed by atoms with Gasteiger partial charge in [0.25, 0.3) is 0 Å². The number of nitrogens with one attached hydrogen (secondary N) is 1. The van der Waals surface area contributed by atoms with Crippen molar-refractivity contribution in [1.29, 1.82) is 0 Å². The Balaban J connectivity index is 1.95. The third kappa shape index (κ3) is 3.51. The Morgan fingerprint density at radius 3 is 2.61 bits per heavy atom. The largest absolute Gasteiger partial charge is 0.481 e. The van der Waals surface area contributed by atoms with E-state index in [4.69, 9.17) is 4.74 Å². The Bertz CT molecular complexity index is 392. The third-order valence-corrected chi connectivity index (χ3v) is 4.52. The van der Waals surface area contributed by atoms with Crippen LogP contribution in [0.2, 0.25) is 0 Å². The van der Waals surface area contributed by atoms with Crippen LogP contribution in [-0.2, 0) is 0 Å². The van der Waals surface area contributed by atoms with Crippen LogP contribution in [0.25, 0.3) is 0 Å². The summed E-state index contributed by atoms with van der Waals surface area (Å²) in [6, 6.07) is 2.40. The first-order valence-corrected chi connectivity index (χ1v) is 7.69. The minimum Gasteiger partial charge on any atom is -0.481 e. The van der Waals surface area contributed by atoms with E-state index in [1.54, 1.807) is 7.11 Å². The van der Waals surface area contributed by atoms with Gasteiger partial charge in [-0.3, -0.25) is 0 Å². The molecule has 1 aliphatic rings. The van der Waals surface area contributed by atoms with Gasteiger partial charge >= 0.3 is 0 Å². The number of methoxy groups -OCH3 is 1. The molecule has 0 bridgehead atoms. The summed E-state index contributed by atoms with van der Waals surface area (Å²) < 4.78 is 5.16. The van der Waals surface area contributed by atoms with Crippen molar-refractivity contribution < 1.29 is 4.74 Å². The smallest absolute Gasteiger partial charge is 0.218 e. The number of thioether (sulfide) groups is 1. The average molecular weight is 267 g/mol. The number of hydrogen-bond acceptors (Lipinski definition) is 5. The van der Waals surface area contributed by atoms with Crippen molar-refractivity contribution in [2.45, 2.75) is 43.9 Å². The molecule has 0 unspecified atom stereocenters. The first-order chi connectivity index (χ1) is 8.71. The first-order valence-electron chi connectivity index (χ1n) is 6.40. The monoisotopic (exact) mass is 267 g/mol. The van der Waals surface area contributed by atoms with Gasteiger partial charge in [-0.2, -0.15) is 16.7 Å². The summed E-state index contributed by atoms with van der Waals surface area (Å²) in [5.74, 6) is 2.25. The Kier molecular flexibility index (Phi) is 4.69. The van der Waals surface area contributed by atoms with Crippen molar-refractivity contribution in [3.8, 4) is 5.88 Å². The first kappa shape index (κ1) is 13.5. The molecule has 1 fully saturated rings. The summed E-state index contributed by atoms with van der Waals surface area (Å²) in [7, 11) is 1.63. The molecule has 0 saturated heterocycles. The van der Waals surface area contributed by atoms with Gasteiger partial charge in [-0.1, -0.05) is 0 Å². The molecule has 0 aliphatic heterocycles. The van der Waals surface area contributed by atoms with Crippen LogP contribution >= 0.6 is 11.8 Å².